The summed E-state index contributed by atoms with van der Waals surface area (Å²) in [5, 5.41) is 4.51. The van der Waals surface area contributed by atoms with Gasteiger partial charge in [-0.3, -0.25) is 9.78 Å². The zero-order valence-electron chi connectivity index (χ0n) is 17.6. The fraction of sp³-hybridized carbons (Fsp3) is 0.375. The minimum atomic E-state index is -0.0903. The Morgan fingerprint density at radius 3 is 2.83 bits per heavy atom. The standard InChI is InChI=1S/C24H28N4O2/c1-24(12-5-13-25-16-24)17-30-22-11-9-19(14-26-22)23(29)28(2)15-20-10-8-18-6-3-4-7-21(18)27-20/h3-4,6-11,14,25H,5,12-13,15-17H2,1-2H3. The normalized spacial score (nSPS) is 18.9. The van der Waals surface area contributed by atoms with E-state index in [1.165, 1.54) is 6.42 Å². The number of carbonyl (C=O) groups is 1. The molecule has 1 atom stereocenters. The number of aromatic nitrogens is 2. The van der Waals surface area contributed by atoms with Gasteiger partial charge in [0.1, 0.15) is 0 Å². The number of ether oxygens (including phenoxy) is 1. The molecule has 156 valence electrons. The monoisotopic (exact) mass is 404 g/mol. The minimum Gasteiger partial charge on any atom is -0.477 e. The van der Waals surface area contributed by atoms with Crippen molar-refractivity contribution in [3.8, 4) is 5.88 Å². The average Bonchev–Trinajstić information content (AvgIpc) is 2.78. The summed E-state index contributed by atoms with van der Waals surface area (Å²) >= 11 is 0. The van der Waals surface area contributed by atoms with Gasteiger partial charge in [-0.25, -0.2) is 4.98 Å². The summed E-state index contributed by atoms with van der Waals surface area (Å²) < 4.78 is 5.89. The average molecular weight is 405 g/mol. The highest BCUT2D eigenvalue weighted by Crippen LogP contribution is 2.26. The number of nitrogens with zero attached hydrogens (tertiary/aromatic N) is 3. The molecule has 2 aromatic heterocycles. The zero-order chi connectivity index (χ0) is 21.0. The Morgan fingerprint density at radius 1 is 1.20 bits per heavy atom. The smallest absolute Gasteiger partial charge is 0.255 e. The first-order chi connectivity index (χ1) is 14.5. The number of rotatable bonds is 6. The van der Waals surface area contributed by atoms with Gasteiger partial charge in [0, 0.05) is 36.7 Å². The van der Waals surface area contributed by atoms with Gasteiger partial charge in [-0.1, -0.05) is 31.2 Å². The van der Waals surface area contributed by atoms with Crippen molar-refractivity contribution in [1.82, 2.24) is 20.2 Å². The summed E-state index contributed by atoms with van der Waals surface area (Å²) in [7, 11) is 1.78. The minimum absolute atomic E-state index is 0.0903. The van der Waals surface area contributed by atoms with Crippen LogP contribution in [-0.2, 0) is 6.54 Å². The van der Waals surface area contributed by atoms with E-state index in [0.29, 0.717) is 24.6 Å². The number of hydrogen-bond donors (Lipinski definition) is 1. The first kappa shape index (κ1) is 20.3. The molecule has 0 spiro atoms. The number of amides is 1. The molecule has 1 fully saturated rings. The third-order valence-electron chi connectivity index (χ3n) is 5.64. The van der Waals surface area contributed by atoms with Crippen LogP contribution >= 0.6 is 0 Å². The van der Waals surface area contributed by atoms with E-state index in [1.807, 2.05) is 36.4 Å². The van der Waals surface area contributed by atoms with Crippen molar-refractivity contribution >= 4 is 16.8 Å². The van der Waals surface area contributed by atoms with Crippen LogP contribution in [0.2, 0.25) is 0 Å². The number of para-hydroxylation sites is 1. The quantitative estimate of drug-likeness (QED) is 0.679. The highest BCUT2D eigenvalue weighted by molar-refractivity contribution is 5.93. The molecule has 6 heteroatoms. The van der Waals surface area contributed by atoms with Crippen molar-refractivity contribution in [2.24, 2.45) is 5.41 Å². The van der Waals surface area contributed by atoms with Crippen LogP contribution < -0.4 is 10.1 Å². The molecule has 3 heterocycles. The van der Waals surface area contributed by atoms with Gasteiger partial charge in [0.25, 0.3) is 5.91 Å². The van der Waals surface area contributed by atoms with Gasteiger partial charge in [0.2, 0.25) is 5.88 Å². The second-order valence-corrected chi connectivity index (χ2v) is 8.42. The maximum absolute atomic E-state index is 12.8. The molecule has 1 aromatic carbocycles. The summed E-state index contributed by atoms with van der Waals surface area (Å²) in [6, 6.07) is 15.5. The van der Waals surface area contributed by atoms with Crippen molar-refractivity contribution in [1.29, 1.82) is 0 Å². The van der Waals surface area contributed by atoms with Gasteiger partial charge in [-0.2, -0.15) is 0 Å². The maximum atomic E-state index is 12.8. The fourth-order valence-corrected chi connectivity index (χ4v) is 3.81. The number of benzene rings is 1. The Morgan fingerprint density at radius 2 is 2.07 bits per heavy atom. The molecule has 1 N–H and O–H groups in total. The fourth-order valence-electron chi connectivity index (χ4n) is 3.81. The zero-order valence-corrected chi connectivity index (χ0v) is 17.6. The molecule has 0 saturated carbocycles. The summed E-state index contributed by atoms with van der Waals surface area (Å²) in [4.78, 5) is 23.4. The maximum Gasteiger partial charge on any atom is 0.255 e. The first-order valence-corrected chi connectivity index (χ1v) is 10.4. The van der Waals surface area contributed by atoms with Crippen molar-refractivity contribution in [2.45, 2.75) is 26.3 Å². The van der Waals surface area contributed by atoms with E-state index in [4.69, 9.17) is 4.74 Å². The van der Waals surface area contributed by atoms with E-state index in [0.717, 1.165) is 36.1 Å². The highest BCUT2D eigenvalue weighted by atomic mass is 16.5. The molecule has 1 unspecified atom stereocenters. The van der Waals surface area contributed by atoms with Crippen LogP contribution in [0.5, 0.6) is 5.88 Å². The van der Waals surface area contributed by atoms with Crippen molar-refractivity contribution in [3.63, 3.8) is 0 Å². The van der Waals surface area contributed by atoms with Gasteiger partial charge < -0.3 is 15.0 Å². The van der Waals surface area contributed by atoms with E-state index in [-0.39, 0.29) is 11.3 Å². The van der Waals surface area contributed by atoms with E-state index < -0.39 is 0 Å². The number of piperidine rings is 1. The predicted octanol–water partition coefficient (Wildman–Crippen LogP) is 3.67. The molecule has 0 radical (unpaired) electrons. The lowest BCUT2D eigenvalue weighted by molar-refractivity contribution is 0.0782. The molecule has 0 bridgehead atoms. The summed E-state index contributed by atoms with van der Waals surface area (Å²) in [6.45, 7) is 5.32. The largest absolute Gasteiger partial charge is 0.477 e. The van der Waals surface area contributed by atoms with Crippen molar-refractivity contribution in [3.05, 3.63) is 66.0 Å². The Bertz CT molecular complexity index is 1010. The highest BCUT2D eigenvalue weighted by Gasteiger charge is 2.27. The number of hydrogen-bond acceptors (Lipinski definition) is 5. The Balaban J connectivity index is 1.36. The Kier molecular flexibility index (Phi) is 5.95. The van der Waals surface area contributed by atoms with Gasteiger partial charge in [0.05, 0.1) is 29.9 Å². The van der Waals surface area contributed by atoms with E-state index >= 15 is 0 Å². The Hall–Kier alpha value is -2.99. The second-order valence-electron chi connectivity index (χ2n) is 8.42. The lowest BCUT2D eigenvalue weighted by Crippen LogP contribution is -2.41. The van der Waals surface area contributed by atoms with Crippen molar-refractivity contribution < 1.29 is 9.53 Å². The topological polar surface area (TPSA) is 67.4 Å². The molecule has 3 aromatic rings. The number of nitrogens with one attached hydrogen (secondary N) is 1. The van der Waals surface area contributed by atoms with Crippen LogP contribution in [-0.4, -0.2) is 47.5 Å². The Labute approximate surface area is 177 Å². The molecule has 1 saturated heterocycles. The van der Waals surface area contributed by atoms with Crippen LogP contribution in [0.3, 0.4) is 0 Å². The van der Waals surface area contributed by atoms with Crippen LogP contribution in [0.1, 0.15) is 35.8 Å². The third kappa shape index (κ3) is 4.76. The molecule has 4 rings (SSSR count). The molecule has 6 nitrogen and oxygen atoms in total. The van der Waals surface area contributed by atoms with Crippen LogP contribution in [0.4, 0.5) is 0 Å². The SMILES string of the molecule is CN(Cc1ccc2ccccc2n1)C(=O)c1ccc(OCC2(C)CCCNC2)nc1. The predicted molar refractivity (Wildman–Crippen MR) is 117 cm³/mol. The van der Waals surface area contributed by atoms with Crippen LogP contribution in [0.15, 0.2) is 54.7 Å². The third-order valence-corrected chi connectivity index (χ3v) is 5.64. The first-order valence-electron chi connectivity index (χ1n) is 10.4. The van der Waals surface area contributed by atoms with Crippen molar-refractivity contribution in [2.75, 3.05) is 26.7 Å². The second kappa shape index (κ2) is 8.79. The number of fused-ring (bicyclic) bond motifs is 1. The number of pyridine rings is 2. The summed E-state index contributed by atoms with van der Waals surface area (Å²) in [5.41, 5.74) is 2.45. The van der Waals surface area contributed by atoms with Gasteiger partial charge in [-0.05, 0) is 37.6 Å². The molecule has 0 aliphatic carbocycles. The molecule has 30 heavy (non-hydrogen) atoms. The molecular formula is C24H28N4O2. The van der Waals surface area contributed by atoms with Gasteiger partial charge in [0.15, 0.2) is 0 Å². The van der Waals surface area contributed by atoms with E-state index in [1.54, 1.807) is 30.3 Å². The molecule has 1 aliphatic rings. The molecular weight excluding hydrogens is 376 g/mol. The summed E-state index contributed by atoms with van der Waals surface area (Å²) in [5.74, 6) is 0.463. The van der Waals surface area contributed by atoms with Gasteiger partial charge >= 0.3 is 0 Å². The van der Waals surface area contributed by atoms with E-state index in [2.05, 4.69) is 22.2 Å². The van der Waals surface area contributed by atoms with Crippen LogP contribution in [0.25, 0.3) is 10.9 Å². The molecule has 1 amide bonds. The lowest BCUT2D eigenvalue weighted by atomic mass is 9.84. The lowest BCUT2D eigenvalue weighted by Gasteiger charge is -2.33. The molecule has 1 aliphatic heterocycles. The van der Waals surface area contributed by atoms with Crippen LogP contribution in [0, 0.1) is 5.41 Å². The van der Waals surface area contributed by atoms with E-state index in [9.17, 15) is 4.79 Å². The number of carbonyl (C=O) groups excluding carboxylic acids is 1. The van der Waals surface area contributed by atoms with Gasteiger partial charge in [-0.15, -0.1) is 0 Å². The summed E-state index contributed by atoms with van der Waals surface area (Å²) in [6.07, 6.45) is 3.90.